The Morgan fingerprint density at radius 3 is 1.48 bits per heavy atom. The molecule has 3 aromatic rings. The van der Waals surface area contributed by atoms with E-state index in [9.17, 15) is 0 Å². The van der Waals surface area contributed by atoms with E-state index in [-0.39, 0.29) is 0 Å². The molecule has 2 aliphatic rings. The number of hydrogen-bond donors (Lipinski definition) is 1. The SMILES string of the molecule is Cc1cc(P2OCCO2)c2[nH]c3c(P4OCCO4)cc(C)cc3c2c1. The van der Waals surface area contributed by atoms with Gasteiger partial charge in [0.25, 0.3) is 0 Å². The molecule has 5 rings (SSSR count). The number of nitrogens with one attached hydrogen (secondary N) is 1. The molecule has 0 saturated carbocycles. The van der Waals surface area contributed by atoms with Crippen molar-refractivity contribution in [2.45, 2.75) is 13.8 Å². The molecular weight excluding hydrogens is 356 g/mol. The van der Waals surface area contributed by atoms with Gasteiger partial charge in [0.1, 0.15) is 0 Å². The highest BCUT2D eigenvalue weighted by Crippen LogP contribution is 2.46. The lowest BCUT2D eigenvalue weighted by atomic mass is 10.1. The zero-order valence-electron chi connectivity index (χ0n) is 14.2. The van der Waals surface area contributed by atoms with Gasteiger partial charge in [-0.05, 0) is 49.2 Å². The van der Waals surface area contributed by atoms with Crippen LogP contribution in [-0.2, 0) is 18.1 Å². The van der Waals surface area contributed by atoms with E-state index in [1.54, 1.807) is 0 Å². The maximum Gasteiger partial charge on any atom is 0.207 e. The fourth-order valence-electron chi connectivity index (χ4n) is 3.47. The molecule has 0 amide bonds. The summed E-state index contributed by atoms with van der Waals surface area (Å²) in [6.07, 6.45) is 0. The summed E-state index contributed by atoms with van der Waals surface area (Å²) < 4.78 is 23.3. The van der Waals surface area contributed by atoms with Crippen molar-refractivity contribution in [1.82, 2.24) is 4.98 Å². The number of benzene rings is 2. The Morgan fingerprint density at radius 1 is 0.680 bits per heavy atom. The first-order valence-electron chi connectivity index (χ1n) is 8.39. The molecular formula is C18H19NO4P2. The zero-order chi connectivity index (χ0) is 17.0. The Morgan fingerprint density at radius 2 is 1.08 bits per heavy atom. The van der Waals surface area contributed by atoms with Crippen LogP contribution in [0.1, 0.15) is 11.1 Å². The van der Waals surface area contributed by atoms with E-state index in [1.165, 1.54) is 21.9 Å². The summed E-state index contributed by atoms with van der Waals surface area (Å²) in [5.74, 6) is 0. The number of H-pyrrole nitrogens is 1. The molecule has 0 spiro atoms. The van der Waals surface area contributed by atoms with Crippen LogP contribution in [0, 0.1) is 13.8 Å². The summed E-state index contributed by atoms with van der Waals surface area (Å²) in [5.41, 5.74) is 4.64. The van der Waals surface area contributed by atoms with E-state index >= 15 is 0 Å². The van der Waals surface area contributed by atoms with Crippen molar-refractivity contribution < 1.29 is 18.1 Å². The fraction of sp³-hybridized carbons (Fsp3) is 0.333. The third-order valence-electron chi connectivity index (χ3n) is 4.46. The Hall–Kier alpha value is -1.06. The summed E-state index contributed by atoms with van der Waals surface area (Å²) in [7, 11) is -2.02. The molecule has 25 heavy (non-hydrogen) atoms. The minimum Gasteiger partial charge on any atom is -0.353 e. The minimum absolute atomic E-state index is 0.665. The van der Waals surface area contributed by atoms with Crippen LogP contribution in [0.4, 0.5) is 0 Å². The largest absolute Gasteiger partial charge is 0.353 e. The van der Waals surface area contributed by atoms with E-state index in [2.05, 4.69) is 43.1 Å². The third kappa shape index (κ3) is 2.71. The van der Waals surface area contributed by atoms with Crippen LogP contribution in [0.25, 0.3) is 21.8 Å². The van der Waals surface area contributed by atoms with E-state index < -0.39 is 16.8 Å². The van der Waals surface area contributed by atoms with Crippen LogP contribution in [-0.4, -0.2) is 31.4 Å². The molecule has 2 fully saturated rings. The summed E-state index contributed by atoms with van der Waals surface area (Å²) in [5, 5.41) is 4.68. The first-order chi connectivity index (χ1) is 12.2. The van der Waals surface area contributed by atoms with Crippen LogP contribution in [0.15, 0.2) is 24.3 Å². The van der Waals surface area contributed by atoms with E-state index in [0.717, 1.165) is 21.6 Å². The molecule has 0 aliphatic carbocycles. The fourth-order valence-corrected chi connectivity index (χ4v) is 6.47. The van der Waals surface area contributed by atoms with Gasteiger partial charge in [0.2, 0.25) is 16.8 Å². The number of hydrogen-bond acceptors (Lipinski definition) is 4. The van der Waals surface area contributed by atoms with Crippen molar-refractivity contribution in [2.75, 3.05) is 26.4 Å². The Labute approximate surface area is 148 Å². The second-order valence-corrected chi connectivity index (χ2v) is 9.41. The average molecular weight is 375 g/mol. The predicted molar refractivity (Wildman–Crippen MR) is 102 cm³/mol. The molecule has 2 saturated heterocycles. The molecule has 7 heteroatoms. The molecule has 5 nitrogen and oxygen atoms in total. The van der Waals surface area contributed by atoms with Crippen molar-refractivity contribution in [3.63, 3.8) is 0 Å². The molecule has 3 heterocycles. The number of rotatable bonds is 2. The lowest BCUT2D eigenvalue weighted by Crippen LogP contribution is -2.05. The lowest BCUT2D eigenvalue weighted by molar-refractivity contribution is 0.365. The average Bonchev–Trinajstić information content (AvgIpc) is 3.34. The van der Waals surface area contributed by atoms with Crippen LogP contribution < -0.4 is 10.6 Å². The second kappa shape index (κ2) is 6.28. The molecule has 0 radical (unpaired) electrons. The van der Waals surface area contributed by atoms with E-state index in [0.29, 0.717) is 26.4 Å². The highest BCUT2D eigenvalue weighted by Gasteiger charge is 2.27. The van der Waals surface area contributed by atoms with Gasteiger partial charge < -0.3 is 23.1 Å². The number of aromatic nitrogens is 1. The van der Waals surface area contributed by atoms with Crippen molar-refractivity contribution >= 4 is 49.2 Å². The van der Waals surface area contributed by atoms with Crippen LogP contribution in [0.3, 0.4) is 0 Å². The quantitative estimate of drug-likeness (QED) is 0.690. The minimum atomic E-state index is -1.01. The monoisotopic (exact) mass is 375 g/mol. The Kier molecular flexibility index (Phi) is 4.05. The van der Waals surface area contributed by atoms with E-state index in [1.807, 2.05) is 0 Å². The van der Waals surface area contributed by atoms with Gasteiger partial charge in [-0.25, -0.2) is 0 Å². The summed E-state index contributed by atoms with van der Waals surface area (Å²) in [6, 6.07) is 8.82. The van der Waals surface area contributed by atoms with Gasteiger partial charge in [-0.15, -0.1) is 0 Å². The van der Waals surface area contributed by atoms with Crippen molar-refractivity contribution in [1.29, 1.82) is 0 Å². The smallest absolute Gasteiger partial charge is 0.207 e. The highest BCUT2D eigenvalue weighted by molar-refractivity contribution is 7.57. The van der Waals surface area contributed by atoms with Gasteiger partial charge in [0.15, 0.2) is 0 Å². The first-order valence-corrected chi connectivity index (χ1v) is 10.7. The van der Waals surface area contributed by atoms with Crippen molar-refractivity contribution in [2.24, 2.45) is 0 Å². The predicted octanol–water partition coefficient (Wildman–Crippen LogP) is 3.91. The molecule has 0 atom stereocenters. The van der Waals surface area contributed by atoms with Crippen molar-refractivity contribution in [3.8, 4) is 0 Å². The summed E-state index contributed by atoms with van der Waals surface area (Å²) in [4.78, 5) is 3.64. The van der Waals surface area contributed by atoms with Gasteiger partial charge in [0.05, 0.1) is 48.1 Å². The molecule has 2 aromatic carbocycles. The maximum absolute atomic E-state index is 5.83. The Balaban J connectivity index is 1.80. The standard InChI is InChI=1S/C18H19NO4P2/c1-11-7-13-14-8-12(2)10-16(25-22-5-6-23-25)18(14)19-17(13)15(9-11)24-20-3-4-21-24/h7-10,19H,3-6H2,1-2H3. The van der Waals surface area contributed by atoms with Gasteiger partial charge in [-0.3, -0.25) is 0 Å². The second-order valence-electron chi connectivity index (χ2n) is 6.39. The molecule has 0 unspecified atom stereocenters. The Bertz CT molecular complexity index is 883. The molecule has 130 valence electrons. The molecule has 1 N–H and O–H groups in total. The highest BCUT2D eigenvalue weighted by atomic mass is 31.2. The van der Waals surface area contributed by atoms with Gasteiger partial charge in [0, 0.05) is 10.8 Å². The van der Waals surface area contributed by atoms with Crippen LogP contribution >= 0.6 is 16.8 Å². The van der Waals surface area contributed by atoms with Crippen molar-refractivity contribution in [3.05, 3.63) is 35.4 Å². The number of aryl methyl sites for hydroxylation is 2. The molecule has 1 aromatic heterocycles. The molecule has 2 aliphatic heterocycles. The topological polar surface area (TPSA) is 52.7 Å². The molecule has 0 bridgehead atoms. The first kappa shape index (κ1) is 16.1. The summed E-state index contributed by atoms with van der Waals surface area (Å²) in [6.45, 7) is 6.91. The van der Waals surface area contributed by atoms with Gasteiger partial charge in [-0.1, -0.05) is 0 Å². The summed E-state index contributed by atoms with van der Waals surface area (Å²) >= 11 is 0. The maximum atomic E-state index is 5.83. The number of aromatic amines is 1. The van der Waals surface area contributed by atoms with Gasteiger partial charge in [-0.2, -0.15) is 0 Å². The normalized spacial score (nSPS) is 19.6. The lowest BCUT2D eigenvalue weighted by Gasteiger charge is -2.10. The number of fused-ring (bicyclic) bond motifs is 3. The zero-order valence-corrected chi connectivity index (χ0v) is 16.0. The third-order valence-corrected chi connectivity index (χ3v) is 7.62. The van der Waals surface area contributed by atoms with E-state index in [4.69, 9.17) is 18.1 Å². The van der Waals surface area contributed by atoms with Crippen LogP contribution in [0.2, 0.25) is 0 Å². The van der Waals surface area contributed by atoms with Gasteiger partial charge >= 0.3 is 0 Å². The van der Waals surface area contributed by atoms with Crippen LogP contribution in [0.5, 0.6) is 0 Å².